The Bertz CT molecular complexity index is 1630. The van der Waals surface area contributed by atoms with Crippen molar-refractivity contribution in [1.82, 2.24) is 9.97 Å². The summed E-state index contributed by atoms with van der Waals surface area (Å²) in [5.41, 5.74) is 0.746. The summed E-state index contributed by atoms with van der Waals surface area (Å²) in [7, 11) is -1.66. The van der Waals surface area contributed by atoms with Crippen LogP contribution in [0.4, 0.5) is 20.3 Å². The van der Waals surface area contributed by atoms with Crippen molar-refractivity contribution >= 4 is 44.7 Å². The van der Waals surface area contributed by atoms with Gasteiger partial charge >= 0.3 is 0 Å². The van der Waals surface area contributed by atoms with Crippen molar-refractivity contribution in [2.45, 2.75) is 24.4 Å². The van der Waals surface area contributed by atoms with E-state index < -0.39 is 32.6 Å². The molecule has 0 aliphatic rings. The third-order valence-electron chi connectivity index (χ3n) is 6.00. The summed E-state index contributed by atoms with van der Waals surface area (Å²) in [6.45, 7) is 1.36. The van der Waals surface area contributed by atoms with E-state index in [1.807, 2.05) is 0 Å². The quantitative estimate of drug-likeness (QED) is 0.215. The number of rotatable bonds is 10. The number of hydrogen-bond donors (Lipinski definition) is 1. The summed E-state index contributed by atoms with van der Waals surface area (Å²) in [6, 6.07) is 10.2. The molecule has 0 aliphatic carbocycles. The Kier molecular flexibility index (Phi) is 8.97. The molecule has 1 aromatic heterocycles. The van der Waals surface area contributed by atoms with E-state index >= 15 is 4.39 Å². The monoisotopic (exact) mass is 608 g/mol. The van der Waals surface area contributed by atoms with Gasteiger partial charge in [-0.3, -0.25) is 4.98 Å². The fourth-order valence-corrected chi connectivity index (χ4v) is 5.88. The van der Waals surface area contributed by atoms with E-state index in [9.17, 15) is 12.8 Å². The van der Waals surface area contributed by atoms with E-state index in [4.69, 9.17) is 32.7 Å². The van der Waals surface area contributed by atoms with Gasteiger partial charge in [-0.2, -0.15) is 0 Å². The molecule has 0 bridgehead atoms. The summed E-state index contributed by atoms with van der Waals surface area (Å²) in [5.74, 6) is -0.802. The van der Waals surface area contributed by atoms with Crippen molar-refractivity contribution in [3.05, 3.63) is 99.9 Å². The Morgan fingerprint density at radius 3 is 2.45 bits per heavy atom. The average Bonchev–Trinajstić information content (AvgIpc) is 2.94. The number of nitrogens with one attached hydrogen (secondary N) is 1. The molecule has 1 heterocycles. The third-order valence-corrected chi connectivity index (χ3v) is 8.31. The molecule has 3 aromatic carbocycles. The maximum absolute atomic E-state index is 15.5. The van der Waals surface area contributed by atoms with Crippen LogP contribution in [0.3, 0.4) is 0 Å². The van der Waals surface area contributed by atoms with Crippen molar-refractivity contribution in [3.8, 4) is 11.5 Å². The van der Waals surface area contributed by atoms with E-state index in [0.29, 0.717) is 22.1 Å². The lowest BCUT2D eigenvalue weighted by Gasteiger charge is -2.25. The van der Waals surface area contributed by atoms with Gasteiger partial charge in [-0.05, 0) is 49.4 Å². The van der Waals surface area contributed by atoms with Crippen LogP contribution >= 0.6 is 23.2 Å². The van der Waals surface area contributed by atoms with Crippen LogP contribution in [0.1, 0.15) is 24.1 Å². The minimum absolute atomic E-state index is 0.0526. The molecule has 4 aromatic rings. The lowest BCUT2D eigenvalue weighted by Crippen LogP contribution is -2.32. The summed E-state index contributed by atoms with van der Waals surface area (Å²) < 4.78 is 69.1. The van der Waals surface area contributed by atoms with Gasteiger partial charge in [0.1, 0.15) is 28.0 Å². The lowest BCUT2D eigenvalue weighted by atomic mass is 10.1. The fraction of sp³-hybridized carbons (Fsp3) is 0.185. The van der Waals surface area contributed by atoms with Gasteiger partial charge in [-0.1, -0.05) is 23.2 Å². The number of halogens is 4. The van der Waals surface area contributed by atoms with Gasteiger partial charge in [0.15, 0.2) is 5.82 Å². The Hall–Kier alpha value is -3.67. The molecule has 4 rings (SSSR count). The molecule has 40 heavy (non-hydrogen) atoms. The topological polar surface area (TPSA) is 93.7 Å². The van der Waals surface area contributed by atoms with Gasteiger partial charge in [-0.15, -0.1) is 0 Å². The smallest absolute Gasteiger partial charge is 0.268 e. The number of nitrogens with zero attached hydrogens (tertiary/aromatic N) is 3. The second-order valence-corrected chi connectivity index (χ2v) is 11.2. The average molecular weight is 609 g/mol. The van der Waals surface area contributed by atoms with Crippen LogP contribution in [0, 0.1) is 11.6 Å². The molecule has 210 valence electrons. The Labute approximate surface area is 240 Å². The molecule has 8 nitrogen and oxygen atoms in total. The van der Waals surface area contributed by atoms with Gasteiger partial charge in [0, 0.05) is 34.6 Å². The van der Waals surface area contributed by atoms with Crippen molar-refractivity contribution in [2.75, 3.05) is 23.8 Å². The molecular formula is C27H24Cl2F2N4O4S. The Morgan fingerprint density at radius 1 is 1.00 bits per heavy atom. The minimum Gasteiger partial charge on any atom is -0.497 e. The predicted molar refractivity (Wildman–Crippen MR) is 150 cm³/mol. The van der Waals surface area contributed by atoms with Crippen molar-refractivity contribution in [1.29, 1.82) is 0 Å². The van der Waals surface area contributed by atoms with Crippen molar-refractivity contribution in [3.63, 3.8) is 0 Å². The summed E-state index contributed by atoms with van der Waals surface area (Å²) in [5, 5.41) is 3.13. The SMILES string of the molecule is COc1ccc(CN(c2cnccn2)S(=O)(=O)c2cc(Cl)c(NC(C)c3cc(Cl)ccc3F)cc2F)c(OC)c1. The maximum Gasteiger partial charge on any atom is 0.268 e. The highest BCUT2D eigenvalue weighted by Crippen LogP contribution is 2.35. The molecule has 0 radical (unpaired) electrons. The molecule has 0 aliphatic heterocycles. The first-order chi connectivity index (χ1) is 19.0. The Morgan fingerprint density at radius 2 is 1.77 bits per heavy atom. The first-order valence-electron chi connectivity index (χ1n) is 11.7. The molecule has 0 spiro atoms. The molecule has 13 heteroatoms. The fourth-order valence-electron chi connectivity index (χ4n) is 3.96. The zero-order chi connectivity index (χ0) is 29.0. The van der Waals surface area contributed by atoms with Crippen LogP contribution in [-0.2, 0) is 16.6 Å². The van der Waals surface area contributed by atoms with Gasteiger partial charge in [0.2, 0.25) is 0 Å². The summed E-state index contributed by atoms with van der Waals surface area (Å²) in [6.07, 6.45) is 3.93. The van der Waals surface area contributed by atoms with Gasteiger partial charge in [-0.25, -0.2) is 26.5 Å². The first kappa shape index (κ1) is 29.3. The zero-order valence-electron chi connectivity index (χ0n) is 21.5. The van der Waals surface area contributed by atoms with Gasteiger partial charge < -0.3 is 14.8 Å². The van der Waals surface area contributed by atoms with Crippen LogP contribution in [0.15, 0.2) is 72.0 Å². The predicted octanol–water partition coefficient (Wildman–Crippen LogP) is 6.65. The van der Waals surface area contributed by atoms with E-state index in [2.05, 4.69) is 15.3 Å². The number of anilines is 2. The number of ether oxygens (including phenoxy) is 2. The normalized spacial score (nSPS) is 12.1. The molecule has 0 saturated carbocycles. The molecule has 0 saturated heterocycles. The number of methoxy groups -OCH3 is 2. The van der Waals surface area contributed by atoms with Crippen LogP contribution in [0.2, 0.25) is 10.0 Å². The highest BCUT2D eigenvalue weighted by molar-refractivity contribution is 7.92. The van der Waals surface area contributed by atoms with E-state index in [1.54, 1.807) is 25.1 Å². The van der Waals surface area contributed by atoms with Crippen LogP contribution < -0.4 is 19.1 Å². The number of benzene rings is 3. The molecule has 0 fully saturated rings. The zero-order valence-corrected chi connectivity index (χ0v) is 23.9. The van der Waals surface area contributed by atoms with E-state index in [1.165, 1.54) is 51.0 Å². The second-order valence-electron chi connectivity index (χ2n) is 8.55. The van der Waals surface area contributed by atoms with Crippen LogP contribution in [0.5, 0.6) is 11.5 Å². The van der Waals surface area contributed by atoms with E-state index in [0.717, 1.165) is 16.4 Å². The van der Waals surface area contributed by atoms with E-state index in [-0.39, 0.29) is 28.6 Å². The molecule has 1 unspecified atom stereocenters. The third kappa shape index (κ3) is 6.22. The largest absolute Gasteiger partial charge is 0.497 e. The van der Waals surface area contributed by atoms with Crippen molar-refractivity contribution < 1.29 is 26.7 Å². The van der Waals surface area contributed by atoms with Gasteiger partial charge in [0.25, 0.3) is 10.0 Å². The van der Waals surface area contributed by atoms with Crippen LogP contribution in [-0.4, -0.2) is 32.6 Å². The number of hydrogen-bond acceptors (Lipinski definition) is 7. The summed E-state index contributed by atoms with van der Waals surface area (Å²) >= 11 is 12.4. The maximum atomic E-state index is 15.5. The number of aromatic nitrogens is 2. The lowest BCUT2D eigenvalue weighted by molar-refractivity contribution is 0.391. The van der Waals surface area contributed by atoms with Crippen molar-refractivity contribution in [2.24, 2.45) is 0 Å². The Balaban J connectivity index is 1.73. The second kappa shape index (κ2) is 12.2. The standard InChI is InChI=1S/C27H24Cl2F2N4O4S/c1-16(20-10-18(28)5-7-22(20)30)34-24-13-23(31)26(12-21(24)29)40(36,37)35(27-14-32-8-9-33-27)15-17-4-6-19(38-2)11-25(17)39-3/h4-14,16,34H,15H2,1-3H3. The minimum atomic E-state index is -4.58. The molecule has 0 amide bonds. The summed E-state index contributed by atoms with van der Waals surface area (Å²) in [4.78, 5) is 7.39. The van der Waals surface area contributed by atoms with Gasteiger partial charge in [0.05, 0.1) is 43.7 Å². The highest BCUT2D eigenvalue weighted by Gasteiger charge is 2.31. The molecule has 1 N–H and O–H groups in total. The molecular weight excluding hydrogens is 585 g/mol. The van der Waals surface area contributed by atoms with Crippen LogP contribution in [0.25, 0.3) is 0 Å². The first-order valence-corrected chi connectivity index (χ1v) is 13.9. The molecule has 1 atom stereocenters. The highest BCUT2D eigenvalue weighted by atomic mass is 35.5. The number of sulfonamides is 1.